The summed E-state index contributed by atoms with van der Waals surface area (Å²) in [5.74, 6) is -0.337. The lowest BCUT2D eigenvalue weighted by molar-refractivity contribution is 0.101. The monoisotopic (exact) mass is 352 g/mol. The van der Waals surface area contributed by atoms with Crippen molar-refractivity contribution in [2.24, 2.45) is 0 Å². The first-order valence-corrected chi connectivity index (χ1v) is 8.55. The quantitative estimate of drug-likeness (QED) is 0.729. The Morgan fingerprint density at radius 3 is 3.00 bits per heavy atom. The van der Waals surface area contributed by atoms with Gasteiger partial charge in [-0.05, 0) is 36.1 Å². The van der Waals surface area contributed by atoms with Crippen molar-refractivity contribution in [2.45, 2.75) is 24.3 Å². The Kier molecular flexibility index (Phi) is 3.10. The van der Waals surface area contributed by atoms with Crippen LogP contribution in [0, 0.1) is 5.82 Å². The molecule has 1 fully saturated rings. The van der Waals surface area contributed by atoms with Crippen LogP contribution in [0.5, 0.6) is 0 Å². The molecule has 0 bridgehead atoms. The fraction of sp³-hybridized carbons (Fsp3) is 0.316. The Morgan fingerprint density at radius 2 is 2.27 bits per heavy atom. The summed E-state index contributed by atoms with van der Waals surface area (Å²) in [6, 6.07) is 5.90. The largest absolute Gasteiger partial charge is 0.453 e. The molecule has 6 nitrogen and oxygen atoms in total. The van der Waals surface area contributed by atoms with E-state index in [0.29, 0.717) is 12.1 Å². The highest BCUT2D eigenvalue weighted by atomic mass is 19.1. The van der Waals surface area contributed by atoms with Crippen molar-refractivity contribution in [2.75, 3.05) is 13.7 Å². The van der Waals surface area contributed by atoms with E-state index in [1.54, 1.807) is 11.0 Å². The maximum atomic E-state index is 13.9. The smallest absolute Gasteiger partial charge is 0.410 e. The van der Waals surface area contributed by atoms with E-state index in [9.17, 15) is 9.18 Å². The number of hydrogen-bond acceptors (Lipinski definition) is 4. The number of carbonyl (C=O) groups excluding carboxylic acids is 1. The van der Waals surface area contributed by atoms with Crippen LogP contribution in [0.3, 0.4) is 0 Å². The minimum absolute atomic E-state index is 0.101. The van der Waals surface area contributed by atoms with Gasteiger partial charge in [0.2, 0.25) is 0 Å². The highest BCUT2D eigenvalue weighted by molar-refractivity contribution is 5.84. The summed E-state index contributed by atoms with van der Waals surface area (Å²) >= 11 is 0. The molecule has 26 heavy (non-hydrogen) atoms. The third-order valence-electron chi connectivity index (χ3n) is 5.52. The number of rotatable bonds is 1. The average Bonchev–Trinajstić information content (AvgIpc) is 3.30. The van der Waals surface area contributed by atoms with Crippen LogP contribution in [-0.2, 0) is 10.2 Å². The van der Waals surface area contributed by atoms with Gasteiger partial charge in [-0.15, -0.1) is 0 Å². The van der Waals surface area contributed by atoms with Gasteiger partial charge in [-0.3, -0.25) is 4.90 Å². The maximum absolute atomic E-state index is 13.9. The molecular weight excluding hydrogens is 335 g/mol. The summed E-state index contributed by atoms with van der Waals surface area (Å²) in [6.45, 7) is 0.537. The molecule has 1 aromatic carbocycles. The Hall–Kier alpha value is -2.96. The van der Waals surface area contributed by atoms with E-state index in [1.807, 2.05) is 12.3 Å². The Labute approximate surface area is 149 Å². The van der Waals surface area contributed by atoms with Crippen LogP contribution in [0.4, 0.5) is 9.18 Å². The van der Waals surface area contributed by atoms with Crippen LogP contribution in [0.15, 0.2) is 36.8 Å². The summed E-state index contributed by atoms with van der Waals surface area (Å²) in [7, 11) is 1.37. The molecule has 1 aliphatic carbocycles. The number of amides is 1. The molecule has 5 rings (SSSR count). The lowest BCUT2D eigenvalue weighted by Crippen LogP contribution is -2.45. The number of aromatic nitrogens is 3. The molecule has 1 amide bonds. The van der Waals surface area contributed by atoms with Crippen molar-refractivity contribution in [3.63, 3.8) is 0 Å². The van der Waals surface area contributed by atoms with E-state index in [4.69, 9.17) is 4.74 Å². The molecule has 7 heteroatoms. The van der Waals surface area contributed by atoms with Crippen molar-refractivity contribution in [3.05, 3.63) is 59.4 Å². The number of methoxy groups -OCH3 is 1. The first-order chi connectivity index (χ1) is 12.6. The van der Waals surface area contributed by atoms with E-state index in [-0.39, 0.29) is 11.2 Å². The minimum Gasteiger partial charge on any atom is -0.453 e. The predicted molar refractivity (Wildman–Crippen MR) is 92.2 cm³/mol. The van der Waals surface area contributed by atoms with E-state index in [0.717, 1.165) is 35.1 Å². The van der Waals surface area contributed by atoms with Crippen LogP contribution in [0.2, 0.25) is 0 Å². The molecule has 3 heterocycles. The van der Waals surface area contributed by atoms with Crippen LogP contribution in [0.25, 0.3) is 11.0 Å². The molecule has 0 radical (unpaired) electrons. The molecule has 3 aromatic rings. The molecule has 2 aliphatic rings. The van der Waals surface area contributed by atoms with Crippen molar-refractivity contribution in [1.29, 1.82) is 0 Å². The highest BCUT2D eigenvalue weighted by Gasteiger charge is 2.55. The molecule has 1 atom stereocenters. The van der Waals surface area contributed by atoms with Crippen molar-refractivity contribution in [1.82, 2.24) is 19.9 Å². The van der Waals surface area contributed by atoms with Crippen LogP contribution in [0.1, 0.15) is 35.7 Å². The zero-order valence-electron chi connectivity index (χ0n) is 14.2. The van der Waals surface area contributed by atoms with E-state index >= 15 is 0 Å². The Bertz CT molecular complexity index is 1030. The molecule has 2 aromatic heterocycles. The fourth-order valence-electron chi connectivity index (χ4n) is 4.25. The van der Waals surface area contributed by atoms with Gasteiger partial charge in [-0.1, -0.05) is 12.1 Å². The SMILES string of the molecule is COC(=O)N1CC2(CC2)c2c([nH]c3ncncc23)C1c1cccc(F)c1. The molecule has 1 spiro atoms. The van der Waals surface area contributed by atoms with E-state index < -0.39 is 12.1 Å². The molecule has 1 saturated carbocycles. The molecule has 0 saturated heterocycles. The lowest BCUT2D eigenvalue weighted by Gasteiger charge is -2.39. The van der Waals surface area contributed by atoms with Gasteiger partial charge in [-0.2, -0.15) is 0 Å². The van der Waals surface area contributed by atoms with Crippen LogP contribution in [-0.4, -0.2) is 39.6 Å². The summed E-state index contributed by atoms with van der Waals surface area (Å²) in [5, 5.41) is 0.978. The molecule has 1 aliphatic heterocycles. The van der Waals surface area contributed by atoms with Gasteiger partial charge in [-0.25, -0.2) is 19.2 Å². The number of aromatic amines is 1. The molecule has 1 unspecified atom stereocenters. The Morgan fingerprint density at radius 1 is 1.42 bits per heavy atom. The summed E-state index contributed by atoms with van der Waals surface area (Å²) in [6.07, 6.45) is 4.88. The third-order valence-corrected chi connectivity index (χ3v) is 5.52. The summed E-state index contributed by atoms with van der Waals surface area (Å²) < 4.78 is 18.9. The highest BCUT2D eigenvalue weighted by Crippen LogP contribution is 2.57. The number of H-pyrrole nitrogens is 1. The van der Waals surface area contributed by atoms with Crippen LogP contribution < -0.4 is 0 Å². The van der Waals surface area contributed by atoms with E-state index in [1.165, 1.54) is 25.6 Å². The zero-order valence-corrected chi connectivity index (χ0v) is 14.2. The zero-order chi connectivity index (χ0) is 17.9. The average molecular weight is 352 g/mol. The molecular formula is C19H17FN4O2. The second kappa shape index (κ2) is 5.27. The second-order valence-corrected chi connectivity index (χ2v) is 7.03. The number of nitrogens with zero attached hydrogens (tertiary/aromatic N) is 3. The van der Waals surface area contributed by atoms with Crippen LogP contribution >= 0.6 is 0 Å². The number of benzene rings is 1. The van der Waals surface area contributed by atoms with Crippen molar-refractivity contribution < 1.29 is 13.9 Å². The van der Waals surface area contributed by atoms with Gasteiger partial charge in [0.05, 0.1) is 7.11 Å². The topological polar surface area (TPSA) is 71.1 Å². The number of carbonyl (C=O) groups is 1. The normalized spacial score (nSPS) is 20.2. The molecule has 132 valence electrons. The molecule has 1 N–H and O–H groups in total. The standard InChI is InChI=1S/C19H17FN4O2/c1-26-18(25)24-9-19(5-6-19)14-13-8-21-10-22-17(13)23-15(14)16(24)11-3-2-4-12(20)7-11/h2-4,7-8,10,16H,5-6,9H2,1H3,(H,21,22,23). The Balaban J connectivity index is 1.78. The first kappa shape index (κ1) is 15.3. The van der Waals surface area contributed by atoms with Crippen molar-refractivity contribution in [3.8, 4) is 0 Å². The number of hydrogen-bond donors (Lipinski definition) is 1. The van der Waals surface area contributed by atoms with E-state index in [2.05, 4.69) is 15.0 Å². The minimum atomic E-state index is -0.450. The lowest BCUT2D eigenvalue weighted by atomic mass is 9.84. The van der Waals surface area contributed by atoms with Gasteiger partial charge in [0, 0.05) is 29.2 Å². The third kappa shape index (κ3) is 2.06. The van der Waals surface area contributed by atoms with Gasteiger partial charge in [0.15, 0.2) is 0 Å². The van der Waals surface area contributed by atoms with Gasteiger partial charge in [0.25, 0.3) is 0 Å². The first-order valence-electron chi connectivity index (χ1n) is 8.55. The summed E-state index contributed by atoms with van der Waals surface area (Å²) in [5.41, 5.74) is 3.37. The van der Waals surface area contributed by atoms with Gasteiger partial charge < -0.3 is 9.72 Å². The van der Waals surface area contributed by atoms with Gasteiger partial charge in [0.1, 0.15) is 23.8 Å². The number of fused-ring (bicyclic) bond motifs is 4. The number of ether oxygens (including phenoxy) is 1. The van der Waals surface area contributed by atoms with Crippen molar-refractivity contribution >= 4 is 17.1 Å². The van der Waals surface area contributed by atoms with Gasteiger partial charge >= 0.3 is 6.09 Å². The number of nitrogens with one attached hydrogen (secondary N) is 1. The summed E-state index contributed by atoms with van der Waals surface area (Å²) in [4.78, 5) is 26.1. The number of halogens is 1. The maximum Gasteiger partial charge on any atom is 0.410 e. The predicted octanol–water partition coefficient (Wildman–Crippen LogP) is 3.30. The second-order valence-electron chi connectivity index (χ2n) is 7.03. The fourth-order valence-corrected chi connectivity index (χ4v) is 4.25.